The van der Waals surface area contributed by atoms with E-state index in [0.29, 0.717) is 17.2 Å². The molecule has 0 aliphatic carbocycles. The van der Waals surface area contributed by atoms with Gasteiger partial charge in [-0.05, 0) is 26.8 Å². The first-order valence-electron chi connectivity index (χ1n) is 5.29. The molecule has 5 nitrogen and oxygen atoms in total. The fourth-order valence-electron chi connectivity index (χ4n) is 1.20. The van der Waals surface area contributed by atoms with E-state index in [-0.39, 0.29) is 5.91 Å². The molecule has 1 amide bonds. The van der Waals surface area contributed by atoms with Crippen LogP contribution in [0.4, 0.5) is 5.69 Å². The second-order valence-corrected chi connectivity index (χ2v) is 4.83. The Balaban J connectivity index is 2.63. The Morgan fingerprint density at radius 1 is 1.59 bits per heavy atom. The quantitative estimate of drug-likeness (QED) is 0.796. The maximum absolute atomic E-state index is 11.8. The minimum atomic E-state index is -0.661. The van der Waals surface area contributed by atoms with Gasteiger partial charge >= 0.3 is 5.97 Å². The molecule has 1 aromatic heterocycles. The number of ether oxygens (including phenoxy) is 1. The fourth-order valence-corrected chi connectivity index (χ4v) is 2.05. The number of nitrogens with one attached hydrogen (secondary N) is 1. The fraction of sp³-hybridized carbons (Fsp3) is 0.455. The molecular weight excluding hydrogens is 240 g/mol. The van der Waals surface area contributed by atoms with Gasteiger partial charge < -0.3 is 15.8 Å². The number of nitrogens with two attached hydrogens (primary N) is 1. The lowest BCUT2D eigenvalue weighted by Gasteiger charge is -2.11. The topological polar surface area (TPSA) is 81.4 Å². The number of hydrogen-bond donors (Lipinski definition) is 2. The van der Waals surface area contributed by atoms with Crippen molar-refractivity contribution in [3.63, 3.8) is 0 Å². The summed E-state index contributed by atoms with van der Waals surface area (Å²) >= 11 is 1.30. The van der Waals surface area contributed by atoms with E-state index < -0.39 is 12.0 Å². The van der Waals surface area contributed by atoms with Crippen LogP contribution in [-0.4, -0.2) is 24.5 Å². The molecule has 0 bridgehead atoms. The van der Waals surface area contributed by atoms with Gasteiger partial charge in [-0.15, -0.1) is 11.3 Å². The lowest BCUT2D eigenvalue weighted by molar-refractivity contribution is -0.144. The minimum absolute atomic E-state index is 0.296. The van der Waals surface area contributed by atoms with Gasteiger partial charge in [0.05, 0.1) is 11.5 Å². The summed E-state index contributed by atoms with van der Waals surface area (Å²) in [6, 6.07) is 0.943. The molecular formula is C11H16N2O3S. The van der Waals surface area contributed by atoms with Crippen LogP contribution in [0.25, 0.3) is 0 Å². The molecule has 1 unspecified atom stereocenters. The summed E-state index contributed by atoms with van der Waals surface area (Å²) in [4.78, 5) is 24.5. The summed E-state index contributed by atoms with van der Waals surface area (Å²) < 4.78 is 4.79. The monoisotopic (exact) mass is 256 g/mol. The number of anilines is 1. The molecule has 1 atom stereocenters. The largest absolute Gasteiger partial charge is 0.464 e. The molecule has 17 heavy (non-hydrogen) atoms. The van der Waals surface area contributed by atoms with Crippen LogP contribution in [0.15, 0.2) is 6.07 Å². The number of carbonyl (C=O) groups excluding carboxylic acids is 2. The van der Waals surface area contributed by atoms with Crippen molar-refractivity contribution in [1.29, 1.82) is 0 Å². The van der Waals surface area contributed by atoms with Gasteiger partial charge in [0.2, 0.25) is 0 Å². The van der Waals surface area contributed by atoms with Crippen LogP contribution in [0.1, 0.15) is 28.4 Å². The molecule has 0 spiro atoms. The lowest BCUT2D eigenvalue weighted by atomic mass is 10.3. The molecule has 0 fully saturated rings. The van der Waals surface area contributed by atoms with Gasteiger partial charge in [0.25, 0.3) is 5.91 Å². The highest BCUT2D eigenvalue weighted by atomic mass is 32.1. The molecule has 0 aromatic carbocycles. The molecule has 1 heterocycles. The highest BCUT2D eigenvalue weighted by Gasteiger charge is 2.19. The van der Waals surface area contributed by atoms with E-state index >= 15 is 0 Å². The third kappa shape index (κ3) is 3.45. The number of hydrogen-bond acceptors (Lipinski definition) is 5. The van der Waals surface area contributed by atoms with E-state index in [0.717, 1.165) is 4.88 Å². The van der Waals surface area contributed by atoms with Crippen molar-refractivity contribution < 1.29 is 14.3 Å². The average molecular weight is 256 g/mol. The Labute approximate surface area is 104 Å². The Hall–Kier alpha value is -1.56. The molecule has 0 aliphatic heterocycles. The summed E-state index contributed by atoms with van der Waals surface area (Å²) in [5.74, 6) is -0.752. The van der Waals surface area contributed by atoms with E-state index in [4.69, 9.17) is 10.5 Å². The number of rotatable bonds is 4. The minimum Gasteiger partial charge on any atom is -0.464 e. The van der Waals surface area contributed by atoms with Crippen molar-refractivity contribution in [2.45, 2.75) is 26.8 Å². The number of aryl methyl sites for hydroxylation is 1. The second kappa shape index (κ2) is 5.67. The Morgan fingerprint density at radius 3 is 2.71 bits per heavy atom. The van der Waals surface area contributed by atoms with Crippen molar-refractivity contribution in [2.75, 3.05) is 12.3 Å². The van der Waals surface area contributed by atoms with Gasteiger partial charge in [0.15, 0.2) is 0 Å². The molecule has 1 rings (SSSR count). The van der Waals surface area contributed by atoms with Gasteiger partial charge in [0.1, 0.15) is 6.04 Å². The van der Waals surface area contributed by atoms with Crippen molar-refractivity contribution in [3.8, 4) is 0 Å². The zero-order chi connectivity index (χ0) is 13.0. The third-order valence-electron chi connectivity index (χ3n) is 2.17. The summed E-state index contributed by atoms with van der Waals surface area (Å²) in [6.45, 7) is 5.44. The zero-order valence-electron chi connectivity index (χ0n) is 10.1. The van der Waals surface area contributed by atoms with Crippen LogP contribution < -0.4 is 11.1 Å². The zero-order valence-corrected chi connectivity index (χ0v) is 10.9. The van der Waals surface area contributed by atoms with E-state index in [1.54, 1.807) is 19.9 Å². The third-order valence-corrected chi connectivity index (χ3v) is 3.23. The normalized spacial score (nSPS) is 11.9. The van der Waals surface area contributed by atoms with Gasteiger partial charge in [-0.3, -0.25) is 4.79 Å². The van der Waals surface area contributed by atoms with Crippen molar-refractivity contribution in [1.82, 2.24) is 5.32 Å². The van der Waals surface area contributed by atoms with Gasteiger partial charge in [0, 0.05) is 10.6 Å². The number of nitrogen functional groups attached to an aromatic ring is 1. The number of amides is 1. The predicted molar refractivity (Wildman–Crippen MR) is 67.0 cm³/mol. The van der Waals surface area contributed by atoms with Crippen LogP contribution in [0.3, 0.4) is 0 Å². The van der Waals surface area contributed by atoms with Crippen LogP contribution in [0.2, 0.25) is 0 Å². The highest BCUT2D eigenvalue weighted by Crippen LogP contribution is 2.23. The van der Waals surface area contributed by atoms with Crippen LogP contribution in [-0.2, 0) is 9.53 Å². The number of carbonyl (C=O) groups is 2. The van der Waals surface area contributed by atoms with Crippen LogP contribution in [0, 0.1) is 6.92 Å². The molecule has 0 aliphatic rings. The van der Waals surface area contributed by atoms with Gasteiger partial charge in [-0.1, -0.05) is 0 Å². The molecule has 0 saturated heterocycles. The maximum atomic E-state index is 11.8. The van der Waals surface area contributed by atoms with E-state index in [9.17, 15) is 9.59 Å². The van der Waals surface area contributed by atoms with Crippen LogP contribution in [0.5, 0.6) is 0 Å². The number of thiophene rings is 1. The summed E-state index contributed by atoms with van der Waals surface area (Å²) in [6.07, 6.45) is 0. The first-order chi connectivity index (χ1) is 7.95. The molecule has 6 heteroatoms. The molecule has 94 valence electrons. The summed E-state index contributed by atoms with van der Waals surface area (Å²) in [7, 11) is 0. The second-order valence-electron chi connectivity index (χ2n) is 3.57. The van der Waals surface area contributed by atoms with Crippen molar-refractivity contribution >= 4 is 28.9 Å². The highest BCUT2D eigenvalue weighted by molar-refractivity contribution is 7.14. The smallest absolute Gasteiger partial charge is 0.328 e. The Morgan fingerprint density at radius 2 is 2.24 bits per heavy atom. The van der Waals surface area contributed by atoms with E-state index in [2.05, 4.69) is 5.32 Å². The van der Waals surface area contributed by atoms with Crippen molar-refractivity contribution in [3.05, 3.63) is 15.8 Å². The summed E-state index contributed by atoms with van der Waals surface area (Å²) in [5.41, 5.74) is 6.24. The van der Waals surface area contributed by atoms with E-state index in [1.165, 1.54) is 11.3 Å². The molecule has 0 radical (unpaired) electrons. The first-order valence-corrected chi connectivity index (χ1v) is 6.10. The van der Waals surface area contributed by atoms with E-state index in [1.807, 2.05) is 6.92 Å². The first kappa shape index (κ1) is 13.5. The van der Waals surface area contributed by atoms with Crippen molar-refractivity contribution in [2.24, 2.45) is 0 Å². The SMILES string of the molecule is CCOC(=O)C(C)NC(=O)c1cc(N)c(C)s1. The molecule has 3 N–H and O–H groups in total. The van der Waals surface area contributed by atoms with Gasteiger partial charge in [-0.25, -0.2) is 4.79 Å². The lowest BCUT2D eigenvalue weighted by Crippen LogP contribution is -2.39. The molecule has 1 aromatic rings. The average Bonchev–Trinajstić information content (AvgIpc) is 2.59. The number of esters is 1. The Bertz CT molecular complexity index is 409. The van der Waals surface area contributed by atoms with Gasteiger partial charge in [-0.2, -0.15) is 0 Å². The Kier molecular flexibility index (Phi) is 4.51. The van der Waals surface area contributed by atoms with Crippen LogP contribution >= 0.6 is 11.3 Å². The standard InChI is InChI=1S/C11H16N2O3S/c1-4-16-11(15)6(2)13-10(14)9-5-8(12)7(3)17-9/h5-6H,4,12H2,1-3H3,(H,13,14). The maximum Gasteiger partial charge on any atom is 0.328 e. The summed E-state index contributed by atoms with van der Waals surface area (Å²) in [5, 5.41) is 2.56. The molecule has 0 saturated carbocycles. The predicted octanol–water partition coefficient (Wildman–Crippen LogP) is 1.32.